The molecular weight excluding hydrogens is 214 g/mol. The molecule has 1 aliphatic rings. The second kappa shape index (κ2) is 5.82. The predicted molar refractivity (Wildman–Crippen MR) is 66.6 cm³/mol. The van der Waals surface area contributed by atoms with Gasteiger partial charge < -0.3 is 4.74 Å². The zero-order chi connectivity index (χ0) is 12.1. The van der Waals surface area contributed by atoms with Crippen LogP contribution in [0.1, 0.15) is 30.9 Å². The number of carbonyl (C=O) groups is 1. The Labute approximate surface area is 102 Å². The molecule has 0 aliphatic carbocycles. The maximum absolute atomic E-state index is 11.4. The van der Waals surface area contributed by atoms with E-state index in [2.05, 4.69) is 29.2 Å². The Bertz CT molecular complexity index is 364. The normalized spacial score (nSPS) is 21.1. The number of methoxy groups -OCH3 is 1. The molecular formula is C14H19NO2. The maximum Gasteiger partial charge on any atom is 0.319 e. The molecule has 1 aliphatic heterocycles. The lowest BCUT2D eigenvalue weighted by Gasteiger charge is -2.35. The summed E-state index contributed by atoms with van der Waals surface area (Å²) >= 11 is 0. The van der Waals surface area contributed by atoms with Crippen molar-refractivity contribution in [2.75, 3.05) is 20.2 Å². The van der Waals surface area contributed by atoms with Gasteiger partial charge in [0.05, 0.1) is 13.7 Å². The van der Waals surface area contributed by atoms with Gasteiger partial charge in [-0.1, -0.05) is 36.8 Å². The summed E-state index contributed by atoms with van der Waals surface area (Å²) in [6, 6.07) is 10.8. The highest BCUT2D eigenvalue weighted by molar-refractivity contribution is 5.71. The molecule has 0 saturated carbocycles. The topological polar surface area (TPSA) is 29.5 Å². The van der Waals surface area contributed by atoms with Crippen LogP contribution >= 0.6 is 0 Å². The van der Waals surface area contributed by atoms with Gasteiger partial charge in [0.1, 0.15) is 0 Å². The molecule has 1 heterocycles. The standard InChI is InChI=1S/C14H19NO2/c1-17-14(16)11-15-10-6-5-9-13(15)12-7-3-2-4-8-12/h2-4,7-8,13H,5-6,9-11H2,1H3. The van der Waals surface area contributed by atoms with Crippen LogP contribution in [0.3, 0.4) is 0 Å². The number of esters is 1. The SMILES string of the molecule is COC(=O)CN1CCCCC1c1ccccc1. The van der Waals surface area contributed by atoms with E-state index in [0.29, 0.717) is 12.6 Å². The van der Waals surface area contributed by atoms with Crippen molar-refractivity contribution in [1.82, 2.24) is 4.90 Å². The number of likely N-dealkylation sites (tertiary alicyclic amines) is 1. The molecule has 1 aromatic carbocycles. The summed E-state index contributed by atoms with van der Waals surface area (Å²) in [5.74, 6) is -0.146. The maximum atomic E-state index is 11.4. The molecule has 1 saturated heterocycles. The molecule has 2 rings (SSSR count). The molecule has 17 heavy (non-hydrogen) atoms. The number of benzene rings is 1. The van der Waals surface area contributed by atoms with Gasteiger partial charge in [-0.15, -0.1) is 0 Å². The molecule has 0 spiro atoms. The lowest BCUT2D eigenvalue weighted by molar-refractivity contribution is -0.143. The van der Waals surface area contributed by atoms with Gasteiger partial charge in [0.15, 0.2) is 0 Å². The molecule has 1 atom stereocenters. The first kappa shape index (κ1) is 12.1. The summed E-state index contributed by atoms with van der Waals surface area (Å²) in [6.45, 7) is 1.38. The molecule has 3 heteroatoms. The second-order valence-corrected chi connectivity index (χ2v) is 4.47. The van der Waals surface area contributed by atoms with Crippen molar-refractivity contribution in [2.24, 2.45) is 0 Å². The van der Waals surface area contributed by atoms with Gasteiger partial charge in [-0.25, -0.2) is 0 Å². The Morgan fingerprint density at radius 3 is 2.82 bits per heavy atom. The number of ether oxygens (including phenoxy) is 1. The van der Waals surface area contributed by atoms with E-state index in [9.17, 15) is 4.79 Å². The van der Waals surface area contributed by atoms with E-state index in [-0.39, 0.29) is 5.97 Å². The lowest BCUT2D eigenvalue weighted by atomic mass is 9.95. The molecule has 0 amide bonds. The van der Waals surface area contributed by atoms with Gasteiger partial charge >= 0.3 is 5.97 Å². The van der Waals surface area contributed by atoms with Crippen LogP contribution in [-0.4, -0.2) is 31.1 Å². The van der Waals surface area contributed by atoms with Crippen molar-refractivity contribution >= 4 is 5.97 Å². The number of piperidine rings is 1. The summed E-state index contributed by atoms with van der Waals surface area (Å²) < 4.78 is 4.76. The lowest BCUT2D eigenvalue weighted by Crippen LogP contribution is -2.37. The monoisotopic (exact) mass is 233 g/mol. The van der Waals surface area contributed by atoms with E-state index in [0.717, 1.165) is 13.0 Å². The fourth-order valence-electron chi connectivity index (χ4n) is 2.46. The van der Waals surface area contributed by atoms with Crippen LogP contribution in [0.25, 0.3) is 0 Å². The first-order valence-corrected chi connectivity index (χ1v) is 6.17. The van der Waals surface area contributed by atoms with E-state index in [1.165, 1.54) is 25.5 Å². The average molecular weight is 233 g/mol. The molecule has 1 unspecified atom stereocenters. The summed E-state index contributed by atoms with van der Waals surface area (Å²) in [5.41, 5.74) is 1.30. The zero-order valence-corrected chi connectivity index (χ0v) is 10.3. The summed E-state index contributed by atoms with van der Waals surface area (Å²) in [7, 11) is 1.45. The van der Waals surface area contributed by atoms with Gasteiger partial charge in [0, 0.05) is 6.04 Å². The summed E-state index contributed by atoms with van der Waals surface area (Å²) in [4.78, 5) is 13.6. The molecule has 3 nitrogen and oxygen atoms in total. The van der Waals surface area contributed by atoms with Crippen molar-refractivity contribution in [1.29, 1.82) is 0 Å². The first-order chi connectivity index (χ1) is 8.31. The Morgan fingerprint density at radius 2 is 2.12 bits per heavy atom. The second-order valence-electron chi connectivity index (χ2n) is 4.47. The van der Waals surface area contributed by atoms with E-state index in [4.69, 9.17) is 4.74 Å². The molecule has 0 N–H and O–H groups in total. The minimum atomic E-state index is -0.146. The van der Waals surface area contributed by atoms with Gasteiger partial charge in [-0.05, 0) is 24.9 Å². The third-order valence-electron chi connectivity index (χ3n) is 3.36. The van der Waals surface area contributed by atoms with Crippen LogP contribution in [0.15, 0.2) is 30.3 Å². The van der Waals surface area contributed by atoms with E-state index in [1.807, 2.05) is 6.07 Å². The fourth-order valence-corrected chi connectivity index (χ4v) is 2.46. The molecule has 92 valence electrons. The Hall–Kier alpha value is -1.35. The number of hydrogen-bond acceptors (Lipinski definition) is 3. The first-order valence-electron chi connectivity index (χ1n) is 6.17. The van der Waals surface area contributed by atoms with Crippen LogP contribution in [0.2, 0.25) is 0 Å². The van der Waals surface area contributed by atoms with Crippen LogP contribution < -0.4 is 0 Å². The van der Waals surface area contributed by atoms with Crippen LogP contribution in [0, 0.1) is 0 Å². The molecule has 1 fully saturated rings. The largest absolute Gasteiger partial charge is 0.468 e. The smallest absolute Gasteiger partial charge is 0.319 e. The number of rotatable bonds is 3. The molecule has 0 aromatic heterocycles. The molecule has 0 bridgehead atoms. The minimum absolute atomic E-state index is 0.146. The number of hydrogen-bond donors (Lipinski definition) is 0. The quantitative estimate of drug-likeness (QED) is 0.751. The summed E-state index contributed by atoms with van der Waals surface area (Å²) in [6.07, 6.45) is 3.53. The fraction of sp³-hybridized carbons (Fsp3) is 0.500. The third kappa shape index (κ3) is 3.07. The Morgan fingerprint density at radius 1 is 1.35 bits per heavy atom. The third-order valence-corrected chi connectivity index (χ3v) is 3.36. The van der Waals surface area contributed by atoms with Crippen LogP contribution in [0.5, 0.6) is 0 Å². The van der Waals surface area contributed by atoms with Gasteiger partial charge in [-0.2, -0.15) is 0 Å². The molecule has 0 radical (unpaired) electrons. The number of carbonyl (C=O) groups excluding carboxylic acids is 1. The average Bonchev–Trinajstić information content (AvgIpc) is 2.40. The van der Waals surface area contributed by atoms with Crippen molar-refractivity contribution in [3.05, 3.63) is 35.9 Å². The molecule has 1 aromatic rings. The van der Waals surface area contributed by atoms with E-state index >= 15 is 0 Å². The zero-order valence-electron chi connectivity index (χ0n) is 10.3. The highest BCUT2D eigenvalue weighted by Gasteiger charge is 2.25. The van der Waals surface area contributed by atoms with Crippen LogP contribution in [0.4, 0.5) is 0 Å². The van der Waals surface area contributed by atoms with Crippen LogP contribution in [-0.2, 0) is 9.53 Å². The number of nitrogens with zero attached hydrogens (tertiary/aromatic N) is 1. The van der Waals surface area contributed by atoms with Gasteiger partial charge in [0.2, 0.25) is 0 Å². The summed E-state index contributed by atoms with van der Waals surface area (Å²) in [5, 5.41) is 0. The predicted octanol–water partition coefficient (Wildman–Crippen LogP) is 2.39. The van der Waals surface area contributed by atoms with Gasteiger partial charge in [-0.3, -0.25) is 9.69 Å². The highest BCUT2D eigenvalue weighted by Crippen LogP contribution is 2.30. The van der Waals surface area contributed by atoms with E-state index < -0.39 is 0 Å². The van der Waals surface area contributed by atoms with Crippen molar-refractivity contribution in [3.63, 3.8) is 0 Å². The minimum Gasteiger partial charge on any atom is -0.468 e. The highest BCUT2D eigenvalue weighted by atomic mass is 16.5. The van der Waals surface area contributed by atoms with Crippen molar-refractivity contribution in [3.8, 4) is 0 Å². The Balaban J connectivity index is 2.09. The van der Waals surface area contributed by atoms with E-state index in [1.54, 1.807) is 0 Å². The Kier molecular flexibility index (Phi) is 4.15. The van der Waals surface area contributed by atoms with Crippen molar-refractivity contribution < 1.29 is 9.53 Å². The van der Waals surface area contributed by atoms with Crippen molar-refractivity contribution in [2.45, 2.75) is 25.3 Å². The van der Waals surface area contributed by atoms with Gasteiger partial charge in [0.25, 0.3) is 0 Å².